The van der Waals surface area contributed by atoms with E-state index in [2.05, 4.69) is 10.6 Å². The summed E-state index contributed by atoms with van der Waals surface area (Å²) in [5.74, 6) is 0.179. The lowest BCUT2D eigenvalue weighted by Gasteiger charge is -2.18. The van der Waals surface area contributed by atoms with Crippen LogP contribution >= 0.6 is 0 Å². The summed E-state index contributed by atoms with van der Waals surface area (Å²) in [4.78, 5) is 38.5. The Labute approximate surface area is 181 Å². The number of ether oxygens (including phenoxy) is 2. The molecule has 164 valence electrons. The summed E-state index contributed by atoms with van der Waals surface area (Å²) in [6.07, 6.45) is 0. The van der Waals surface area contributed by atoms with Gasteiger partial charge in [0.15, 0.2) is 17.3 Å². The SMILES string of the molecule is CC(=O)c1cc2c(cc1NC(=O)CN(C)CC(=O)Nc1c(C)cc(C)cc1C)OCO2. The van der Waals surface area contributed by atoms with Crippen LogP contribution in [0.15, 0.2) is 24.3 Å². The number of amides is 2. The maximum atomic E-state index is 12.5. The number of ketones is 1. The van der Waals surface area contributed by atoms with Crippen molar-refractivity contribution in [3.8, 4) is 11.5 Å². The van der Waals surface area contributed by atoms with Crippen LogP contribution in [0.4, 0.5) is 11.4 Å². The molecule has 2 N–H and O–H groups in total. The standard InChI is InChI=1S/C23H27N3O5/c1-13-6-14(2)23(15(3)7-13)25-22(29)11-26(5)10-21(28)24-18-9-20-19(30-12-31-20)8-17(18)16(4)27/h6-9H,10-12H2,1-5H3,(H,24,28)(H,25,29). The first-order valence-corrected chi connectivity index (χ1v) is 9.94. The minimum atomic E-state index is -0.348. The average molecular weight is 425 g/mol. The highest BCUT2D eigenvalue weighted by molar-refractivity contribution is 6.05. The van der Waals surface area contributed by atoms with E-state index < -0.39 is 0 Å². The third kappa shape index (κ3) is 5.40. The summed E-state index contributed by atoms with van der Waals surface area (Å²) in [7, 11) is 1.68. The molecule has 1 heterocycles. The molecular weight excluding hydrogens is 398 g/mol. The van der Waals surface area contributed by atoms with Crippen molar-refractivity contribution >= 4 is 29.0 Å². The highest BCUT2D eigenvalue weighted by Crippen LogP contribution is 2.37. The summed E-state index contributed by atoms with van der Waals surface area (Å²) in [6, 6.07) is 7.16. The fourth-order valence-corrected chi connectivity index (χ4v) is 3.63. The highest BCUT2D eigenvalue weighted by Gasteiger charge is 2.21. The van der Waals surface area contributed by atoms with E-state index in [1.54, 1.807) is 24.1 Å². The van der Waals surface area contributed by atoms with Gasteiger partial charge in [0.05, 0.1) is 18.8 Å². The van der Waals surface area contributed by atoms with E-state index >= 15 is 0 Å². The summed E-state index contributed by atoms with van der Waals surface area (Å²) >= 11 is 0. The quantitative estimate of drug-likeness (QED) is 0.662. The van der Waals surface area contributed by atoms with Crippen LogP contribution in [-0.4, -0.2) is 49.4 Å². The molecule has 0 spiro atoms. The lowest BCUT2D eigenvalue weighted by atomic mass is 10.1. The molecule has 0 unspecified atom stereocenters. The third-order valence-corrected chi connectivity index (χ3v) is 4.93. The Morgan fingerprint density at radius 1 is 0.903 bits per heavy atom. The van der Waals surface area contributed by atoms with Crippen molar-refractivity contribution in [2.75, 3.05) is 37.6 Å². The first-order chi connectivity index (χ1) is 14.6. The van der Waals surface area contributed by atoms with E-state index in [9.17, 15) is 14.4 Å². The Kier molecular flexibility index (Phi) is 6.60. The number of Topliss-reactive ketones (excluding diaryl/α,β-unsaturated/α-hetero) is 1. The Balaban J connectivity index is 1.60. The van der Waals surface area contributed by atoms with Crippen LogP contribution < -0.4 is 20.1 Å². The lowest BCUT2D eigenvalue weighted by Crippen LogP contribution is -2.36. The van der Waals surface area contributed by atoms with Gasteiger partial charge in [-0.15, -0.1) is 0 Å². The van der Waals surface area contributed by atoms with Crippen LogP contribution in [0.2, 0.25) is 0 Å². The Morgan fingerprint density at radius 3 is 2.03 bits per heavy atom. The van der Waals surface area contributed by atoms with Crippen LogP contribution in [0, 0.1) is 20.8 Å². The van der Waals surface area contributed by atoms with Crippen molar-refractivity contribution in [3.63, 3.8) is 0 Å². The number of benzene rings is 2. The molecule has 2 amide bonds. The average Bonchev–Trinajstić information content (AvgIpc) is 3.10. The van der Waals surface area contributed by atoms with Gasteiger partial charge in [0.1, 0.15) is 0 Å². The second kappa shape index (κ2) is 9.18. The van der Waals surface area contributed by atoms with E-state index in [1.165, 1.54) is 6.92 Å². The van der Waals surface area contributed by atoms with Crippen molar-refractivity contribution in [1.82, 2.24) is 4.90 Å². The second-order valence-electron chi connectivity index (χ2n) is 7.85. The fraction of sp³-hybridized carbons (Fsp3) is 0.348. The fourth-order valence-electron chi connectivity index (χ4n) is 3.63. The summed E-state index contributed by atoms with van der Waals surface area (Å²) in [5, 5.41) is 5.66. The largest absolute Gasteiger partial charge is 0.454 e. The van der Waals surface area contributed by atoms with Gasteiger partial charge >= 0.3 is 0 Å². The molecule has 3 rings (SSSR count). The summed E-state index contributed by atoms with van der Waals surface area (Å²) < 4.78 is 10.6. The monoisotopic (exact) mass is 425 g/mol. The molecule has 0 aromatic heterocycles. The maximum Gasteiger partial charge on any atom is 0.238 e. The van der Waals surface area contributed by atoms with Gasteiger partial charge in [-0.3, -0.25) is 19.3 Å². The summed E-state index contributed by atoms with van der Waals surface area (Å²) in [6.45, 7) is 7.41. The zero-order valence-electron chi connectivity index (χ0n) is 18.4. The number of hydrogen-bond donors (Lipinski definition) is 2. The van der Waals surface area contributed by atoms with Gasteiger partial charge < -0.3 is 20.1 Å². The van der Waals surface area contributed by atoms with Crippen molar-refractivity contribution in [2.45, 2.75) is 27.7 Å². The third-order valence-electron chi connectivity index (χ3n) is 4.93. The lowest BCUT2D eigenvalue weighted by molar-refractivity contribution is -0.119. The van der Waals surface area contributed by atoms with Crippen molar-refractivity contribution in [3.05, 3.63) is 46.5 Å². The van der Waals surface area contributed by atoms with Crippen molar-refractivity contribution < 1.29 is 23.9 Å². The molecule has 0 saturated heterocycles. The zero-order chi connectivity index (χ0) is 22.7. The van der Waals surface area contributed by atoms with Crippen LogP contribution in [0.25, 0.3) is 0 Å². The number of fused-ring (bicyclic) bond motifs is 1. The van der Waals surface area contributed by atoms with E-state index in [0.717, 1.165) is 22.4 Å². The molecule has 1 aliphatic heterocycles. The van der Waals surface area contributed by atoms with Crippen molar-refractivity contribution in [1.29, 1.82) is 0 Å². The number of nitrogens with one attached hydrogen (secondary N) is 2. The molecule has 31 heavy (non-hydrogen) atoms. The molecule has 0 radical (unpaired) electrons. The van der Waals surface area contributed by atoms with Crippen LogP contribution in [-0.2, 0) is 9.59 Å². The van der Waals surface area contributed by atoms with Gasteiger partial charge in [0, 0.05) is 17.3 Å². The van der Waals surface area contributed by atoms with Crippen molar-refractivity contribution in [2.24, 2.45) is 0 Å². The Hall–Kier alpha value is -3.39. The van der Waals surface area contributed by atoms with Crippen LogP contribution in [0.3, 0.4) is 0 Å². The number of carbonyl (C=O) groups is 3. The van der Waals surface area contributed by atoms with E-state index in [4.69, 9.17) is 9.47 Å². The van der Waals surface area contributed by atoms with Gasteiger partial charge in [-0.25, -0.2) is 0 Å². The smallest absolute Gasteiger partial charge is 0.238 e. The van der Waals surface area contributed by atoms with Gasteiger partial charge in [-0.1, -0.05) is 17.7 Å². The van der Waals surface area contributed by atoms with Gasteiger partial charge in [0.2, 0.25) is 18.6 Å². The molecule has 8 heteroatoms. The zero-order valence-corrected chi connectivity index (χ0v) is 18.4. The molecule has 0 atom stereocenters. The van der Waals surface area contributed by atoms with Gasteiger partial charge in [-0.05, 0) is 51.9 Å². The maximum absolute atomic E-state index is 12.5. The van der Waals surface area contributed by atoms with Gasteiger partial charge in [0.25, 0.3) is 0 Å². The van der Waals surface area contributed by atoms with Crippen LogP contribution in [0.5, 0.6) is 11.5 Å². The molecule has 0 fully saturated rings. The molecule has 0 saturated carbocycles. The number of nitrogens with zero attached hydrogens (tertiary/aromatic N) is 1. The minimum absolute atomic E-state index is 0.0227. The molecule has 1 aliphatic rings. The van der Waals surface area contributed by atoms with E-state index in [0.29, 0.717) is 22.7 Å². The number of rotatable bonds is 7. The molecular formula is C23H27N3O5. The second-order valence-corrected chi connectivity index (χ2v) is 7.85. The van der Waals surface area contributed by atoms with Crippen LogP contribution in [0.1, 0.15) is 34.0 Å². The first-order valence-electron chi connectivity index (χ1n) is 9.94. The molecule has 2 aromatic carbocycles. The normalized spacial score (nSPS) is 12.1. The minimum Gasteiger partial charge on any atom is -0.454 e. The van der Waals surface area contributed by atoms with E-state index in [1.807, 2.05) is 32.9 Å². The molecule has 0 aliphatic carbocycles. The summed E-state index contributed by atoms with van der Waals surface area (Å²) in [5.41, 5.74) is 4.60. The molecule has 2 aromatic rings. The number of anilines is 2. The first kappa shape index (κ1) is 22.3. The Morgan fingerprint density at radius 2 is 1.45 bits per heavy atom. The molecule has 8 nitrogen and oxygen atoms in total. The number of likely N-dealkylation sites (N-methyl/N-ethyl adjacent to an activating group) is 1. The topological polar surface area (TPSA) is 97.0 Å². The Bertz CT molecular complexity index is 1020. The highest BCUT2D eigenvalue weighted by atomic mass is 16.7. The molecule has 0 bridgehead atoms. The number of hydrogen-bond acceptors (Lipinski definition) is 6. The number of aryl methyl sites for hydroxylation is 3. The van der Waals surface area contributed by atoms with Gasteiger partial charge in [-0.2, -0.15) is 0 Å². The predicted octanol–water partition coefficient (Wildman–Crippen LogP) is 3.05. The predicted molar refractivity (Wildman–Crippen MR) is 118 cm³/mol. The van der Waals surface area contributed by atoms with E-state index in [-0.39, 0.29) is 37.5 Å². The number of carbonyl (C=O) groups excluding carboxylic acids is 3.